The largest absolute Gasteiger partial charge is 0.448 e. The molecular formula is C23H38INO7. The first-order chi connectivity index (χ1) is 14.9. The molecule has 0 amide bonds. The monoisotopic (exact) mass is 567 g/mol. The molecule has 2 saturated heterocycles. The molecule has 184 valence electrons. The summed E-state index contributed by atoms with van der Waals surface area (Å²) in [5.74, 6) is -1.57. The van der Waals surface area contributed by atoms with Crippen LogP contribution in [0.4, 0.5) is 0 Å². The number of halogens is 1. The first kappa shape index (κ1) is 27.5. The molecule has 8 nitrogen and oxygen atoms in total. The number of carbonyl (C=O) groups excluding carboxylic acids is 1. The van der Waals surface area contributed by atoms with E-state index in [2.05, 4.69) is 11.7 Å². The Hall–Kier alpha value is -0.750. The van der Waals surface area contributed by atoms with Gasteiger partial charge < -0.3 is 29.3 Å². The third-order valence-electron chi connectivity index (χ3n) is 6.74. The van der Waals surface area contributed by atoms with Crippen LogP contribution in [0.15, 0.2) is 17.3 Å². The molecule has 0 aliphatic carbocycles. The minimum Gasteiger partial charge on any atom is -0.448 e. The summed E-state index contributed by atoms with van der Waals surface area (Å²) in [5, 5.41) is 25.0. The first-order valence-corrected chi connectivity index (χ1v) is 12.4. The summed E-state index contributed by atoms with van der Waals surface area (Å²) in [5.41, 5.74) is -0.327. The van der Waals surface area contributed by atoms with E-state index in [1.165, 1.54) is 0 Å². The zero-order valence-electron chi connectivity index (χ0n) is 19.9. The highest BCUT2D eigenvalue weighted by Gasteiger charge is 2.48. The Kier molecular flexibility index (Phi) is 9.96. The Balaban J connectivity index is 2.60. The summed E-state index contributed by atoms with van der Waals surface area (Å²) in [6.07, 6.45) is -0.103. The van der Waals surface area contributed by atoms with Crippen molar-refractivity contribution in [2.24, 2.45) is 28.8 Å². The van der Waals surface area contributed by atoms with Gasteiger partial charge in [-0.25, -0.2) is 0 Å². The van der Waals surface area contributed by atoms with Gasteiger partial charge in [-0.05, 0) is 60.8 Å². The number of carbonyl (C=O) groups is 1. The van der Waals surface area contributed by atoms with E-state index in [4.69, 9.17) is 18.9 Å². The van der Waals surface area contributed by atoms with E-state index < -0.39 is 33.6 Å². The summed E-state index contributed by atoms with van der Waals surface area (Å²) < 4.78 is 22.8. The van der Waals surface area contributed by atoms with Crippen LogP contribution in [0.2, 0.25) is 0 Å². The summed E-state index contributed by atoms with van der Waals surface area (Å²) in [6.45, 7) is 13.8. The number of rotatable bonds is 1. The Bertz CT molecular complexity index is 698. The Morgan fingerprint density at radius 3 is 2.38 bits per heavy atom. The molecule has 9 heteroatoms. The van der Waals surface area contributed by atoms with E-state index in [1.807, 2.05) is 43.4 Å². The van der Waals surface area contributed by atoms with Crippen molar-refractivity contribution < 1.29 is 34.1 Å². The number of methoxy groups -OCH3 is 1. The van der Waals surface area contributed by atoms with E-state index in [1.54, 1.807) is 21.0 Å². The maximum Gasteiger partial charge on any atom is 0.312 e. The highest BCUT2D eigenvalue weighted by molar-refractivity contribution is 14.1. The maximum absolute atomic E-state index is 13.0. The van der Waals surface area contributed by atoms with E-state index >= 15 is 0 Å². The van der Waals surface area contributed by atoms with Crippen LogP contribution in [-0.4, -0.2) is 70.3 Å². The van der Waals surface area contributed by atoms with E-state index in [0.29, 0.717) is 25.2 Å². The summed E-state index contributed by atoms with van der Waals surface area (Å²) in [6, 6.07) is 0. The molecule has 2 aliphatic heterocycles. The second-order valence-corrected chi connectivity index (χ2v) is 10.7. The van der Waals surface area contributed by atoms with Gasteiger partial charge in [-0.2, -0.15) is 0 Å². The summed E-state index contributed by atoms with van der Waals surface area (Å²) >= 11 is 1.92. The third-order valence-corrected chi connectivity index (χ3v) is 8.25. The molecule has 0 aromatic rings. The zero-order chi connectivity index (χ0) is 24.2. The summed E-state index contributed by atoms with van der Waals surface area (Å²) in [7, 11) is 1.59. The number of aliphatic hydroxyl groups is 1. The van der Waals surface area contributed by atoms with Gasteiger partial charge in [-0.15, -0.1) is 0 Å². The van der Waals surface area contributed by atoms with Crippen molar-refractivity contribution in [2.75, 3.05) is 20.3 Å². The van der Waals surface area contributed by atoms with Gasteiger partial charge >= 0.3 is 5.97 Å². The molecule has 2 aliphatic rings. The van der Waals surface area contributed by atoms with Crippen LogP contribution in [0.5, 0.6) is 0 Å². The fraction of sp³-hybridized carbons (Fsp3) is 0.826. The van der Waals surface area contributed by atoms with Gasteiger partial charge in [0.05, 0.1) is 43.2 Å². The molecule has 0 aromatic carbocycles. The molecule has 2 rings (SSSR count). The van der Waals surface area contributed by atoms with Gasteiger partial charge in [0.15, 0.2) is 4.11 Å². The molecule has 9 atom stereocenters. The lowest BCUT2D eigenvalue weighted by atomic mass is 9.79. The van der Waals surface area contributed by atoms with Crippen molar-refractivity contribution in [3.05, 3.63) is 12.2 Å². The van der Waals surface area contributed by atoms with Crippen molar-refractivity contribution >= 4 is 34.3 Å². The lowest BCUT2D eigenvalue weighted by molar-refractivity contribution is -0.177. The lowest BCUT2D eigenvalue weighted by Crippen LogP contribution is -2.55. The third kappa shape index (κ3) is 6.22. The van der Waals surface area contributed by atoms with E-state index in [9.17, 15) is 15.1 Å². The molecule has 4 unspecified atom stereocenters. The first-order valence-electron chi connectivity index (χ1n) is 11.1. The number of alkyl halides is 1. The number of ether oxygens (including phenoxy) is 4. The van der Waals surface area contributed by atoms with Crippen LogP contribution in [0.3, 0.4) is 0 Å². The normalized spacial score (nSPS) is 44.3. The van der Waals surface area contributed by atoms with Crippen LogP contribution < -0.4 is 0 Å². The van der Waals surface area contributed by atoms with E-state index in [0.717, 1.165) is 5.57 Å². The van der Waals surface area contributed by atoms with Crippen molar-refractivity contribution in [3.8, 4) is 0 Å². The molecule has 32 heavy (non-hydrogen) atoms. The van der Waals surface area contributed by atoms with Gasteiger partial charge in [-0.3, -0.25) is 4.79 Å². The van der Waals surface area contributed by atoms with Crippen LogP contribution in [-0.2, 0) is 23.7 Å². The topological polar surface area (TPSA) is 107 Å². The number of esters is 1. The molecule has 2 heterocycles. The maximum atomic E-state index is 13.0. The van der Waals surface area contributed by atoms with Crippen LogP contribution >= 0.6 is 22.6 Å². The molecule has 0 spiro atoms. The second-order valence-electron chi connectivity index (χ2n) is 9.55. The van der Waals surface area contributed by atoms with Crippen LogP contribution in [0.25, 0.3) is 0 Å². The fourth-order valence-electron chi connectivity index (χ4n) is 4.91. The molecule has 2 N–H and O–H groups in total. The smallest absolute Gasteiger partial charge is 0.312 e. The standard InChI is InChI=1S/C23H38INO7/c1-12-10-30-17-8-13(2)18(25-28)15(4)20(31-11-12)23(6,27)22(24)32-21(26)16(5)19(29-7)14(3)9-17/h13-17,19-20,22,27-28H,1,8-11H2,2-7H3/b25-18+/t13?,14-,15?,16?,17-,19+,20?,22+,23+/m1/s1. The molecule has 2 bridgehead atoms. The van der Waals surface area contributed by atoms with Crippen LogP contribution in [0, 0.1) is 23.7 Å². The Morgan fingerprint density at radius 2 is 1.78 bits per heavy atom. The lowest BCUT2D eigenvalue weighted by Gasteiger charge is -2.41. The summed E-state index contributed by atoms with van der Waals surface area (Å²) in [4.78, 5) is 13.0. The van der Waals surface area contributed by atoms with Gasteiger partial charge in [0.1, 0.15) is 5.60 Å². The highest BCUT2D eigenvalue weighted by Crippen LogP contribution is 2.36. The quantitative estimate of drug-likeness (QED) is 0.125. The number of nitrogens with zero attached hydrogens (tertiary/aromatic N) is 1. The minimum atomic E-state index is -1.57. The number of cyclic esters (lactones) is 1. The number of hydrogen-bond donors (Lipinski definition) is 2. The number of oxime groups is 1. The Morgan fingerprint density at radius 1 is 1.16 bits per heavy atom. The van der Waals surface area contributed by atoms with Gasteiger partial charge in [0, 0.05) is 18.9 Å². The minimum absolute atomic E-state index is 0.00908. The van der Waals surface area contributed by atoms with Gasteiger partial charge in [0.25, 0.3) is 0 Å². The molecular weight excluding hydrogens is 529 g/mol. The SMILES string of the molecule is C=C1COC2C(C)/C(=N/O)C(C)C[C@H](C[C@@H](C)[C@H](OC)C(C)C(=O)O[C@H](I)[C@@]2(C)O)OC1. The average molecular weight is 567 g/mol. The second kappa shape index (κ2) is 11.6. The number of fused-ring (bicyclic) bond motifs is 5. The molecule has 0 aromatic heterocycles. The predicted molar refractivity (Wildman–Crippen MR) is 129 cm³/mol. The zero-order valence-corrected chi connectivity index (χ0v) is 22.1. The predicted octanol–water partition coefficient (Wildman–Crippen LogP) is 3.57. The van der Waals surface area contributed by atoms with Crippen LogP contribution in [0.1, 0.15) is 47.5 Å². The highest BCUT2D eigenvalue weighted by atomic mass is 127. The number of hydrogen-bond acceptors (Lipinski definition) is 8. The van der Waals surface area contributed by atoms with Crippen molar-refractivity contribution in [2.45, 2.75) is 75.5 Å². The molecule has 2 fully saturated rings. The van der Waals surface area contributed by atoms with Crippen molar-refractivity contribution in [1.82, 2.24) is 0 Å². The molecule has 0 radical (unpaired) electrons. The van der Waals surface area contributed by atoms with Gasteiger partial charge in [0.2, 0.25) is 0 Å². The van der Waals surface area contributed by atoms with Gasteiger partial charge in [-0.1, -0.05) is 32.5 Å². The average Bonchev–Trinajstić information content (AvgIpc) is 2.73. The fourth-order valence-corrected chi connectivity index (χ4v) is 5.52. The van der Waals surface area contributed by atoms with Crippen molar-refractivity contribution in [3.63, 3.8) is 0 Å². The van der Waals surface area contributed by atoms with Crippen molar-refractivity contribution in [1.29, 1.82) is 0 Å². The molecule has 0 saturated carbocycles. The van der Waals surface area contributed by atoms with E-state index in [-0.39, 0.29) is 30.7 Å². The Labute approximate surface area is 204 Å².